The van der Waals surface area contributed by atoms with Crippen LogP contribution in [0, 0.1) is 0 Å². The van der Waals surface area contributed by atoms with E-state index in [-0.39, 0.29) is 17.7 Å². The lowest BCUT2D eigenvalue weighted by Crippen LogP contribution is -2.31. The summed E-state index contributed by atoms with van der Waals surface area (Å²) in [6.45, 7) is 5.87. The fourth-order valence-corrected chi connectivity index (χ4v) is 4.39. The maximum Gasteiger partial charge on any atom is 0.253 e. The zero-order valence-corrected chi connectivity index (χ0v) is 19.6. The van der Waals surface area contributed by atoms with E-state index in [1.54, 1.807) is 24.5 Å². The summed E-state index contributed by atoms with van der Waals surface area (Å²) >= 11 is 0. The lowest BCUT2D eigenvalue weighted by Gasteiger charge is -2.16. The summed E-state index contributed by atoms with van der Waals surface area (Å²) in [5.74, 6) is 0.578. The van der Waals surface area contributed by atoms with Gasteiger partial charge in [0.2, 0.25) is 11.8 Å². The SMILES string of the molecule is CCc1nc2cc(NC(C)=O)cc(C(=O)NCCCN3CCCC3=O)c2n1Cc1cccnc1. The van der Waals surface area contributed by atoms with Crippen LogP contribution in [-0.2, 0) is 22.6 Å². The molecule has 1 fully saturated rings. The molecule has 3 aromatic rings. The number of carbonyl (C=O) groups is 3. The molecule has 34 heavy (non-hydrogen) atoms. The second-order valence-corrected chi connectivity index (χ2v) is 8.50. The average Bonchev–Trinajstić information content (AvgIpc) is 3.39. The third-order valence-corrected chi connectivity index (χ3v) is 5.93. The Kier molecular flexibility index (Phi) is 7.20. The largest absolute Gasteiger partial charge is 0.352 e. The molecule has 2 N–H and O–H groups in total. The van der Waals surface area contributed by atoms with Crippen LogP contribution in [0.3, 0.4) is 0 Å². The van der Waals surface area contributed by atoms with Gasteiger partial charge in [-0.3, -0.25) is 19.4 Å². The van der Waals surface area contributed by atoms with E-state index in [0.717, 1.165) is 29.9 Å². The molecule has 1 aliphatic heterocycles. The number of benzene rings is 1. The molecule has 1 aromatic carbocycles. The Morgan fingerprint density at radius 1 is 1.24 bits per heavy atom. The summed E-state index contributed by atoms with van der Waals surface area (Å²) in [4.78, 5) is 47.6. The lowest BCUT2D eigenvalue weighted by atomic mass is 10.1. The Morgan fingerprint density at radius 3 is 2.76 bits per heavy atom. The average molecular weight is 463 g/mol. The van der Waals surface area contributed by atoms with Gasteiger partial charge >= 0.3 is 0 Å². The van der Waals surface area contributed by atoms with Gasteiger partial charge in [-0.2, -0.15) is 0 Å². The predicted octanol–water partition coefficient (Wildman–Crippen LogP) is 2.74. The Morgan fingerprint density at radius 2 is 2.09 bits per heavy atom. The van der Waals surface area contributed by atoms with E-state index in [2.05, 4.69) is 15.6 Å². The van der Waals surface area contributed by atoms with Gasteiger partial charge in [0, 0.05) is 57.5 Å². The highest BCUT2D eigenvalue weighted by atomic mass is 16.2. The predicted molar refractivity (Wildman–Crippen MR) is 130 cm³/mol. The van der Waals surface area contributed by atoms with Crippen LogP contribution in [0.25, 0.3) is 11.0 Å². The summed E-state index contributed by atoms with van der Waals surface area (Å²) in [5, 5.41) is 5.76. The Bertz CT molecular complexity index is 1200. The third-order valence-electron chi connectivity index (χ3n) is 5.93. The number of aryl methyl sites for hydroxylation is 1. The molecule has 3 heterocycles. The second-order valence-electron chi connectivity index (χ2n) is 8.50. The van der Waals surface area contributed by atoms with E-state index in [4.69, 9.17) is 4.98 Å². The first kappa shape index (κ1) is 23.4. The lowest BCUT2D eigenvalue weighted by molar-refractivity contribution is -0.127. The number of imidazole rings is 1. The molecule has 4 rings (SSSR count). The van der Waals surface area contributed by atoms with Gasteiger partial charge in [0.15, 0.2) is 0 Å². The molecule has 0 atom stereocenters. The second kappa shape index (κ2) is 10.5. The first-order chi connectivity index (χ1) is 16.5. The highest BCUT2D eigenvalue weighted by Crippen LogP contribution is 2.27. The van der Waals surface area contributed by atoms with Crippen LogP contribution in [0.4, 0.5) is 5.69 Å². The Labute approximate surface area is 198 Å². The topological polar surface area (TPSA) is 109 Å². The number of nitrogens with zero attached hydrogens (tertiary/aromatic N) is 4. The van der Waals surface area contributed by atoms with Gasteiger partial charge in [-0.15, -0.1) is 0 Å². The fraction of sp³-hybridized carbons (Fsp3) is 0.400. The van der Waals surface area contributed by atoms with Crippen LogP contribution < -0.4 is 10.6 Å². The summed E-state index contributed by atoms with van der Waals surface area (Å²) in [6.07, 6.45) is 6.41. The number of anilines is 1. The van der Waals surface area contributed by atoms with Gasteiger partial charge in [0.1, 0.15) is 5.82 Å². The van der Waals surface area contributed by atoms with Crippen molar-refractivity contribution < 1.29 is 14.4 Å². The van der Waals surface area contributed by atoms with Crippen molar-refractivity contribution in [1.82, 2.24) is 24.8 Å². The van der Waals surface area contributed by atoms with E-state index in [1.165, 1.54) is 6.92 Å². The van der Waals surface area contributed by atoms with Gasteiger partial charge in [0.05, 0.1) is 23.1 Å². The quantitative estimate of drug-likeness (QED) is 0.475. The standard InChI is InChI=1S/C25H30N6O3/c1-3-22-29-21-14-19(28-17(2)32)13-20(24(21)31(22)16-18-7-4-9-26-15-18)25(34)27-10-6-12-30-11-5-8-23(30)33/h4,7,9,13-15H,3,5-6,8,10-12,16H2,1-2H3,(H,27,34)(H,28,32). The molecule has 3 amide bonds. The highest BCUT2D eigenvalue weighted by Gasteiger charge is 2.21. The van der Waals surface area contributed by atoms with Crippen LogP contribution in [-0.4, -0.2) is 56.8 Å². The molecule has 9 nitrogen and oxygen atoms in total. The first-order valence-corrected chi connectivity index (χ1v) is 11.7. The zero-order chi connectivity index (χ0) is 24.1. The number of hydrogen-bond acceptors (Lipinski definition) is 5. The van der Waals surface area contributed by atoms with E-state index in [1.807, 2.05) is 28.5 Å². The summed E-state index contributed by atoms with van der Waals surface area (Å²) < 4.78 is 2.04. The van der Waals surface area contributed by atoms with Crippen LogP contribution in [0.1, 0.15) is 54.9 Å². The van der Waals surface area contributed by atoms with Crippen molar-refractivity contribution in [3.8, 4) is 0 Å². The number of amides is 3. The first-order valence-electron chi connectivity index (χ1n) is 11.7. The minimum absolute atomic E-state index is 0.183. The Hall–Kier alpha value is -3.75. The number of pyridine rings is 1. The minimum Gasteiger partial charge on any atom is -0.352 e. The molecule has 0 radical (unpaired) electrons. The van der Waals surface area contributed by atoms with Crippen LogP contribution >= 0.6 is 0 Å². The molecule has 0 unspecified atom stereocenters. The molecule has 0 spiro atoms. The van der Waals surface area contributed by atoms with Crippen molar-refractivity contribution in [2.75, 3.05) is 25.0 Å². The number of likely N-dealkylation sites (tertiary alicyclic amines) is 1. The number of carbonyl (C=O) groups excluding carboxylic acids is 3. The molecule has 1 aliphatic rings. The number of aromatic nitrogens is 3. The highest BCUT2D eigenvalue weighted by molar-refractivity contribution is 6.07. The van der Waals surface area contributed by atoms with Crippen LogP contribution in [0.5, 0.6) is 0 Å². The van der Waals surface area contributed by atoms with Gasteiger partial charge in [0.25, 0.3) is 5.91 Å². The molecule has 9 heteroatoms. The molecule has 2 aromatic heterocycles. The van der Waals surface area contributed by atoms with Crippen molar-refractivity contribution in [3.63, 3.8) is 0 Å². The summed E-state index contributed by atoms with van der Waals surface area (Å²) in [7, 11) is 0. The van der Waals surface area contributed by atoms with E-state index < -0.39 is 0 Å². The van der Waals surface area contributed by atoms with Crippen LogP contribution in [0.2, 0.25) is 0 Å². The zero-order valence-electron chi connectivity index (χ0n) is 19.6. The maximum atomic E-state index is 13.3. The molecular formula is C25H30N6O3. The minimum atomic E-state index is -0.236. The molecule has 0 saturated carbocycles. The van der Waals surface area contributed by atoms with Gasteiger partial charge in [-0.05, 0) is 36.6 Å². The Balaban J connectivity index is 1.63. The van der Waals surface area contributed by atoms with E-state index in [9.17, 15) is 14.4 Å². The molecule has 178 valence electrons. The molecule has 0 aliphatic carbocycles. The number of rotatable bonds is 9. The number of hydrogen-bond donors (Lipinski definition) is 2. The summed E-state index contributed by atoms with van der Waals surface area (Å²) in [5.41, 5.74) is 3.36. The molecular weight excluding hydrogens is 432 g/mol. The monoisotopic (exact) mass is 462 g/mol. The van der Waals surface area contributed by atoms with Crippen molar-refractivity contribution >= 4 is 34.4 Å². The van der Waals surface area contributed by atoms with Crippen molar-refractivity contribution in [2.45, 2.75) is 46.1 Å². The maximum absolute atomic E-state index is 13.3. The molecule has 0 bridgehead atoms. The number of fused-ring (bicyclic) bond motifs is 1. The molecule has 1 saturated heterocycles. The van der Waals surface area contributed by atoms with Crippen molar-refractivity contribution in [1.29, 1.82) is 0 Å². The van der Waals surface area contributed by atoms with Crippen molar-refractivity contribution in [3.05, 3.63) is 53.6 Å². The van der Waals surface area contributed by atoms with E-state index >= 15 is 0 Å². The van der Waals surface area contributed by atoms with Crippen molar-refractivity contribution in [2.24, 2.45) is 0 Å². The van der Waals surface area contributed by atoms with Gasteiger partial charge < -0.3 is 20.1 Å². The number of nitrogens with one attached hydrogen (secondary N) is 2. The van der Waals surface area contributed by atoms with E-state index in [0.29, 0.717) is 55.7 Å². The van der Waals surface area contributed by atoms with Crippen LogP contribution in [0.15, 0.2) is 36.7 Å². The summed E-state index contributed by atoms with van der Waals surface area (Å²) in [6, 6.07) is 7.37. The van der Waals surface area contributed by atoms with Gasteiger partial charge in [-0.1, -0.05) is 13.0 Å². The normalized spacial score (nSPS) is 13.5. The third kappa shape index (κ3) is 5.24. The fourth-order valence-electron chi connectivity index (χ4n) is 4.39. The smallest absolute Gasteiger partial charge is 0.253 e. The van der Waals surface area contributed by atoms with Gasteiger partial charge in [-0.25, -0.2) is 4.98 Å².